The van der Waals surface area contributed by atoms with Gasteiger partial charge in [0.1, 0.15) is 17.3 Å². The summed E-state index contributed by atoms with van der Waals surface area (Å²) in [6.45, 7) is 0.587. The molecule has 0 radical (unpaired) electrons. The lowest BCUT2D eigenvalue weighted by Crippen LogP contribution is -2.34. The van der Waals surface area contributed by atoms with Gasteiger partial charge < -0.3 is 19.7 Å². The molecule has 2 aromatic carbocycles. The van der Waals surface area contributed by atoms with E-state index in [4.69, 9.17) is 9.47 Å². The number of amides is 2. The number of hydrogen-bond acceptors (Lipinski definition) is 4. The fourth-order valence-electron chi connectivity index (χ4n) is 3.29. The second-order valence-electron chi connectivity index (χ2n) is 6.58. The maximum Gasteiger partial charge on any atom is 0.227 e. The molecule has 2 amide bonds. The smallest absolute Gasteiger partial charge is 0.227 e. The van der Waals surface area contributed by atoms with Crippen molar-refractivity contribution in [1.29, 1.82) is 0 Å². The fraction of sp³-hybridized carbons (Fsp3) is 0.333. The number of benzene rings is 2. The molecule has 28 heavy (non-hydrogen) atoms. The van der Waals surface area contributed by atoms with E-state index in [1.54, 1.807) is 48.4 Å². The lowest BCUT2D eigenvalue weighted by molar-refractivity contribution is -0.126. The maximum absolute atomic E-state index is 13.6. The first-order valence-electron chi connectivity index (χ1n) is 9.07. The molecule has 3 rings (SSSR count). The van der Waals surface area contributed by atoms with Gasteiger partial charge in [0.25, 0.3) is 0 Å². The molecule has 2 aromatic rings. The number of nitrogens with zero attached hydrogens (tertiary/aromatic N) is 1. The molecule has 1 unspecified atom stereocenters. The van der Waals surface area contributed by atoms with Crippen LogP contribution in [0, 0.1) is 11.7 Å². The van der Waals surface area contributed by atoms with Crippen LogP contribution in [0.5, 0.6) is 11.5 Å². The third-order valence-electron chi connectivity index (χ3n) is 4.82. The van der Waals surface area contributed by atoms with Crippen molar-refractivity contribution in [3.63, 3.8) is 0 Å². The van der Waals surface area contributed by atoms with Crippen molar-refractivity contribution in [3.8, 4) is 11.5 Å². The van der Waals surface area contributed by atoms with Crippen molar-refractivity contribution in [2.45, 2.75) is 12.8 Å². The second kappa shape index (κ2) is 8.73. The molecule has 1 N–H and O–H groups in total. The Hall–Kier alpha value is -3.09. The molecule has 148 valence electrons. The van der Waals surface area contributed by atoms with Gasteiger partial charge in [0, 0.05) is 25.6 Å². The van der Waals surface area contributed by atoms with E-state index >= 15 is 0 Å². The quantitative estimate of drug-likeness (QED) is 0.794. The van der Waals surface area contributed by atoms with Gasteiger partial charge in [-0.2, -0.15) is 0 Å². The lowest BCUT2D eigenvalue weighted by Gasteiger charge is -2.20. The van der Waals surface area contributed by atoms with Crippen molar-refractivity contribution in [2.75, 3.05) is 32.2 Å². The van der Waals surface area contributed by atoms with Gasteiger partial charge in [0.15, 0.2) is 0 Å². The summed E-state index contributed by atoms with van der Waals surface area (Å²) >= 11 is 0. The molecule has 0 spiro atoms. The zero-order valence-electron chi connectivity index (χ0n) is 15.9. The summed E-state index contributed by atoms with van der Waals surface area (Å²) in [4.78, 5) is 26.5. The monoisotopic (exact) mass is 386 g/mol. The molecule has 0 aromatic heterocycles. The van der Waals surface area contributed by atoms with Gasteiger partial charge in [-0.05, 0) is 30.2 Å². The average Bonchev–Trinajstić information content (AvgIpc) is 3.10. The van der Waals surface area contributed by atoms with Crippen molar-refractivity contribution in [2.24, 2.45) is 5.92 Å². The third-order valence-corrected chi connectivity index (χ3v) is 4.82. The number of anilines is 1. The molecule has 0 bridgehead atoms. The standard InChI is InChI=1S/C21H23FN2O4/c1-27-16-7-8-18(19(12-16)28-2)24-13-15(11-20(24)25)21(26)23-10-9-14-5-3-4-6-17(14)22/h3-8,12,15H,9-11,13H2,1-2H3,(H,23,26). The Morgan fingerprint density at radius 1 is 1.21 bits per heavy atom. The van der Waals surface area contributed by atoms with E-state index in [9.17, 15) is 14.0 Å². The van der Waals surface area contributed by atoms with Crippen molar-refractivity contribution in [3.05, 3.63) is 53.8 Å². The van der Waals surface area contributed by atoms with Gasteiger partial charge in [0.05, 0.1) is 25.8 Å². The summed E-state index contributed by atoms with van der Waals surface area (Å²) in [6, 6.07) is 11.7. The Labute approximate surface area is 163 Å². The Kier molecular flexibility index (Phi) is 6.13. The number of carbonyl (C=O) groups excluding carboxylic acids is 2. The number of rotatable bonds is 7. The first kappa shape index (κ1) is 19.7. The van der Waals surface area contributed by atoms with Crippen molar-refractivity contribution >= 4 is 17.5 Å². The van der Waals surface area contributed by atoms with Crippen LogP contribution in [-0.2, 0) is 16.0 Å². The number of methoxy groups -OCH3 is 2. The van der Waals surface area contributed by atoms with Crippen LogP contribution in [0.2, 0.25) is 0 Å². The molecule has 1 atom stereocenters. The van der Waals surface area contributed by atoms with Gasteiger partial charge in [0.2, 0.25) is 11.8 Å². The first-order chi connectivity index (χ1) is 13.5. The molecule has 6 nitrogen and oxygen atoms in total. The largest absolute Gasteiger partial charge is 0.497 e. The van der Waals surface area contributed by atoms with Gasteiger partial charge in [-0.15, -0.1) is 0 Å². The molecule has 1 fully saturated rings. The number of nitrogens with one attached hydrogen (secondary N) is 1. The van der Waals surface area contributed by atoms with E-state index in [0.717, 1.165) is 0 Å². The minimum absolute atomic E-state index is 0.126. The van der Waals surface area contributed by atoms with E-state index in [0.29, 0.717) is 35.7 Å². The molecular weight excluding hydrogens is 363 g/mol. The van der Waals surface area contributed by atoms with Gasteiger partial charge in [-0.25, -0.2) is 4.39 Å². The predicted octanol–water partition coefficient (Wildman–Crippen LogP) is 2.55. The molecule has 0 saturated carbocycles. The first-order valence-corrected chi connectivity index (χ1v) is 9.07. The van der Waals surface area contributed by atoms with Crippen LogP contribution in [-0.4, -0.2) is 39.1 Å². The SMILES string of the molecule is COc1ccc(N2CC(C(=O)NCCc3ccccc3F)CC2=O)c(OC)c1. The topological polar surface area (TPSA) is 67.9 Å². The highest BCUT2D eigenvalue weighted by molar-refractivity contribution is 6.01. The zero-order valence-corrected chi connectivity index (χ0v) is 15.9. The Morgan fingerprint density at radius 3 is 2.71 bits per heavy atom. The Morgan fingerprint density at radius 2 is 2.00 bits per heavy atom. The van der Waals surface area contributed by atoms with Crippen LogP contribution < -0.4 is 19.7 Å². The predicted molar refractivity (Wildman–Crippen MR) is 103 cm³/mol. The summed E-state index contributed by atoms with van der Waals surface area (Å²) in [7, 11) is 3.07. The number of hydrogen-bond donors (Lipinski definition) is 1. The second-order valence-corrected chi connectivity index (χ2v) is 6.58. The van der Waals surface area contributed by atoms with E-state index in [1.165, 1.54) is 13.2 Å². The van der Waals surface area contributed by atoms with E-state index in [1.807, 2.05) is 0 Å². The molecule has 1 heterocycles. The Bertz CT molecular complexity index is 871. The zero-order chi connectivity index (χ0) is 20.1. The van der Waals surface area contributed by atoms with Crippen molar-refractivity contribution < 1.29 is 23.5 Å². The highest BCUT2D eigenvalue weighted by Crippen LogP contribution is 2.35. The molecular formula is C21H23FN2O4. The highest BCUT2D eigenvalue weighted by atomic mass is 19.1. The summed E-state index contributed by atoms with van der Waals surface area (Å²) in [5.41, 5.74) is 1.16. The Balaban J connectivity index is 1.61. The van der Waals surface area contributed by atoms with Gasteiger partial charge in [-0.3, -0.25) is 9.59 Å². The van der Waals surface area contributed by atoms with Gasteiger partial charge in [-0.1, -0.05) is 18.2 Å². The molecule has 1 aliphatic rings. The molecule has 1 aliphatic heterocycles. The van der Waals surface area contributed by atoms with E-state index in [-0.39, 0.29) is 30.6 Å². The minimum atomic E-state index is -0.458. The minimum Gasteiger partial charge on any atom is -0.497 e. The maximum atomic E-state index is 13.6. The van der Waals surface area contributed by atoms with Crippen LogP contribution in [0.1, 0.15) is 12.0 Å². The van der Waals surface area contributed by atoms with E-state index < -0.39 is 5.92 Å². The summed E-state index contributed by atoms with van der Waals surface area (Å²) in [5.74, 6) is 0.0332. The van der Waals surface area contributed by atoms with Crippen LogP contribution >= 0.6 is 0 Å². The highest BCUT2D eigenvalue weighted by Gasteiger charge is 2.36. The molecule has 1 saturated heterocycles. The number of carbonyl (C=O) groups is 2. The normalized spacial score (nSPS) is 16.2. The van der Waals surface area contributed by atoms with Crippen LogP contribution in [0.4, 0.5) is 10.1 Å². The van der Waals surface area contributed by atoms with Gasteiger partial charge >= 0.3 is 0 Å². The van der Waals surface area contributed by atoms with Crippen LogP contribution in [0.15, 0.2) is 42.5 Å². The number of halogens is 1. The molecule has 0 aliphatic carbocycles. The molecule has 7 heteroatoms. The summed E-state index contributed by atoms with van der Waals surface area (Å²) in [6.07, 6.45) is 0.524. The van der Waals surface area contributed by atoms with Crippen LogP contribution in [0.25, 0.3) is 0 Å². The van der Waals surface area contributed by atoms with Crippen LogP contribution in [0.3, 0.4) is 0 Å². The summed E-state index contributed by atoms with van der Waals surface area (Å²) in [5, 5.41) is 2.80. The third kappa shape index (κ3) is 4.24. The number of ether oxygens (including phenoxy) is 2. The van der Waals surface area contributed by atoms with E-state index in [2.05, 4.69) is 5.32 Å². The fourth-order valence-corrected chi connectivity index (χ4v) is 3.29. The van der Waals surface area contributed by atoms with Crippen molar-refractivity contribution in [1.82, 2.24) is 5.32 Å². The average molecular weight is 386 g/mol. The summed E-state index contributed by atoms with van der Waals surface area (Å²) < 4.78 is 24.2. The lowest BCUT2D eigenvalue weighted by atomic mass is 10.1.